The Hall–Kier alpha value is -1.87. The molecule has 0 saturated carbocycles. The maximum atomic E-state index is 5.85. The number of nitrogens with zero attached hydrogens (tertiary/aromatic N) is 2. The minimum Gasteiger partial charge on any atom is -0.383 e. The summed E-state index contributed by atoms with van der Waals surface area (Å²) in [5.41, 5.74) is 9.54. The van der Waals surface area contributed by atoms with Crippen LogP contribution in [0.5, 0.6) is 0 Å². The molecule has 0 spiro atoms. The lowest BCUT2D eigenvalue weighted by Gasteiger charge is -2.17. The average Bonchev–Trinajstić information content (AvgIpc) is 2.32. The lowest BCUT2D eigenvalue weighted by molar-refractivity contribution is 0.319. The van der Waals surface area contributed by atoms with Gasteiger partial charge in [-0.25, -0.2) is 4.98 Å². The minimum atomic E-state index is 0.619. The Kier molecular flexibility index (Phi) is 3.95. The molecule has 3 heteroatoms. The molecule has 0 aliphatic heterocycles. The quantitative estimate of drug-likeness (QED) is 0.894. The van der Waals surface area contributed by atoms with Crippen LogP contribution in [0.15, 0.2) is 42.6 Å². The van der Waals surface area contributed by atoms with Gasteiger partial charge >= 0.3 is 0 Å². The minimum absolute atomic E-state index is 0.619. The maximum absolute atomic E-state index is 5.85. The van der Waals surface area contributed by atoms with E-state index in [1.165, 1.54) is 11.1 Å². The molecule has 0 unspecified atom stereocenters. The van der Waals surface area contributed by atoms with Gasteiger partial charge < -0.3 is 5.73 Å². The topological polar surface area (TPSA) is 42.2 Å². The first kappa shape index (κ1) is 12.6. The Morgan fingerprint density at radius 2 is 2.00 bits per heavy atom. The number of nitrogens with two attached hydrogens (primary N) is 1. The molecule has 1 heterocycles. The summed E-state index contributed by atoms with van der Waals surface area (Å²) >= 11 is 0. The van der Waals surface area contributed by atoms with Gasteiger partial charge in [0.2, 0.25) is 0 Å². The highest BCUT2D eigenvalue weighted by molar-refractivity contribution is 5.38. The first-order chi connectivity index (χ1) is 8.65. The molecule has 0 aliphatic rings. The molecular weight excluding hydrogens is 222 g/mol. The molecule has 2 aromatic rings. The number of anilines is 1. The van der Waals surface area contributed by atoms with E-state index in [1.807, 2.05) is 12.1 Å². The predicted octanol–water partition coefficient (Wildman–Crippen LogP) is 2.60. The number of benzene rings is 1. The molecule has 0 bridgehead atoms. The summed E-state index contributed by atoms with van der Waals surface area (Å²) in [6.07, 6.45) is 1.72. The fraction of sp³-hybridized carbons (Fsp3) is 0.267. The first-order valence-electron chi connectivity index (χ1n) is 6.08. The fourth-order valence-electron chi connectivity index (χ4n) is 2.05. The van der Waals surface area contributed by atoms with Crippen molar-refractivity contribution in [2.45, 2.75) is 20.0 Å². The second-order valence-electron chi connectivity index (χ2n) is 4.71. The molecule has 3 nitrogen and oxygen atoms in total. The molecule has 0 fully saturated rings. The van der Waals surface area contributed by atoms with Crippen molar-refractivity contribution in [2.24, 2.45) is 0 Å². The highest BCUT2D eigenvalue weighted by atomic mass is 15.1. The fourth-order valence-corrected chi connectivity index (χ4v) is 2.05. The molecule has 0 saturated heterocycles. The van der Waals surface area contributed by atoms with Crippen LogP contribution in [0.2, 0.25) is 0 Å². The largest absolute Gasteiger partial charge is 0.383 e. The first-order valence-corrected chi connectivity index (χ1v) is 6.08. The lowest BCUT2D eigenvalue weighted by atomic mass is 10.1. The van der Waals surface area contributed by atoms with Crippen LogP contribution in [0.1, 0.15) is 16.7 Å². The zero-order chi connectivity index (χ0) is 13.0. The van der Waals surface area contributed by atoms with Crippen LogP contribution in [-0.2, 0) is 13.1 Å². The highest BCUT2D eigenvalue weighted by Gasteiger charge is 2.05. The van der Waals surface area contributed by atoms with E-state index in [4.69, 9.17) is 5.73 Å². The van der Waals surface area contributed by atoms with E-state index >= 15 is 0 Å². The molecule has 18 heavy (non-hydrogen) atoms. The third-order valence-electron chi connectivity index (χ3n) is 2.90. The molecule has 0 atom stereocenters. The lowest BCUT2D eigenvalue weighted by Crippen LogP contribution is -2.18. The van der Waals surface area contributed by atoms with Crippen LogP contribution in [0.4, 0.5) is 5.82 Å². The number of aryl methyl sites for hydroxylation is 1. The monoisotopic (exact) mass is 241 g/mol. The summed E-state index contributed by atoms with van der Waals surface area (Å²) in [6, 6.07) is 12.5. The standard InChI is InChI=1S/C15H19N3/c1-12-5-3-6-13(9-12)10-18(2)11-14-7-4-8-17-15(14)16/h3-9H,10-11H2,1-2H3,(H2,16,17). The maximum Gasteiger partial charge on any atom is 0.127 e. The van der Waals surface area contributed by atoms with E-state index in [1.54, 1.807) is 6.20 Å². The van der Waals surface area contributed by atoms with Gasteiger partial charge in [0.05, 0.1) is 0 Å². The Balaban J connectivity index is 2.01. The zero-order valence-electron chi connectivity index (χ0n) is 10.9. The van der Waals surface area contributed by atoms with E-state index in [0.29, 0.717) is 5.82 Å². The Morgan fingerprint density at radius 3 is 2.72 bits per heavy atom. The van der Waals surface area contributed by atoms with Gasteiger partial charge in [-0.2, -0.15) is 0 Å². The number of hydrogen-bond acceptors (Lipinski definition) is 3. The van der Waals surface area contributed by atoms with Gasteiger partial charge in [0, 0.05) is 24.8 Å². The average molecular weight is 241 g/mol. The number of pyridine rings is 1. The summed E-state index contributed by atoms with van der Waals surface area (Å²) in [6.45, 7) is 3.84. The molecular formula is C15H19N3. The van der Waals surface area contributed by atoms with Crippen molar-refractivity contribution in [3.63, 3.8) is 0 Å². The van der Waals surface area contributed by atoms with Crippen LogP contribution in [0.25, 0.3) is 0 Å². The van der Waals surface area contributed by atoms with E-state index in [-0.39, 0.29) is 0 Å². The molecule has 94 valence electrons. The number of nitrogen functional groups attached to an aromatic ring is 1. The molecule has 0 radical (unpaired) electrons. The van der Waals surface area contributed by atoms with Crippen molar-refractivity contribution in [1.29, 1.82) is 0 Å². The van der Waals surface area contributed by atoms with Crippen molar-refractivity contribution in [2.75, 3.05) is 12.8 Å². The summed E-state index contributed by atoms with van der Waals surface area (Å²) < 4.78 is 0. The summed E-state index contributed by atoms with van der Waals surface area (Å²) in [7, 11) is 2.09. The van der Waals surface area contributed by atoms with E-state index in [0.717, 1.165) is 18.7 Å². The predicted molar refractivity (Wildman–Crippen MR) is 75.0 cm³/mol. The summed E-state index contributed by atoms with van der Waals surface area (Å²) in [5, 5.41) is 0. The van der Waals surface area contributed by atoms with E-state index in [2.05, 4.69) is 48.1 Å². The molecule has 1 aromatic carbocycles. The second-order valence-corrected chi connectivity index (χ2v) is 4.71. The number of aromatic nitrogens is 1. The molecule has 0 amide bonds. The molecule has 2 N–H and O–H groups in total. The summed E-state index contributed by atoms with van der Waals surface area (Å²) in [5.74, 6) is 0.619. The molecule has 2 rings (SSSR count). The van der Waals surface area contributed by atoms with E-state index in [9.17, 15) is 0 Å². The van der Waals surface area contributed by atoms with Crippen LogP contribution in [0.3, 0.4) is 0 Å². The Labute approximate surface area is 108 Å². The van der Waals surface area contributed by atoms with Crippen molar-refractivity contribution in [1.82, 2.24) is 9.88 Å². The number of rotatable bonds is 4. The van der Waals surface area contributed by atoms with Crippen LogP contribution >= 0.6 is 0 Å². The van der Waals surface area contributed by atoms with Crippen molar-refractivity contribution in [3.05, 3.63) is 59.3 Å². The molecule has 0 aliphatic carbocycles. The van der Waals surface area contributed by atoms with Gasteiger partial charge in [-0.1, -0.05) is 35.9 Å². The van der Waals surface area contributed by atoms with Crippen LogP contribution in [-0.4, -0.2) is 16.9 Å². The van der Waals surface area contributed by atoms with Gasteiger partial charge in [-0.15, -0.1) is 0 Å². The van der Waals surface area contributed by atoms with Crippen LogP contribution < -0.4 is 5.73 Å². The number of hydrogen-bond donors (Lipinski definition) is 1. The summed E-state index contributed by atoms with van der Waals surface area (Å²) in [4.78, 5) is 6.34. The van der Waals surface area contributed by atoms with E-state index < -0.39 is 0 Å². The third-order valence-corrected chi connectivity index (χ3v) is 2.90. The van der Waals surface area contributed by atoms with Gasteiger partial charge in [0.15, 0.2) is 0 Å². The second kappa shape index (κ2) is 5.65. The van der Waals surface area contributed by atoms with Gasteiger partial charge in [0.25, 0.3) is 0 Å². The Bertz CT molecular complexity index is 523. The molecule has 1 aromatic heterocycles. The third kappa shape index (κ3) is 3.31. The van der Waals surface area contributed by atoms with Crippen molar-refractivity contribution < 1.29 is 0 Å². The van der Waals surface area contributed by atoms with Crippen molar-refractivity contribution >= 4 is 5.82 Å². The van der Waals surface area contributed by atoms with Crippen molar-refractivity contribution in [3.8, 4) is 0 Å². The van der Waals surface area contributed by atoms with Gasteiger partial charge in [-0.05, 0) is 25.6 Å². The Morgan fingerprint density at radius 1 is 1.17 bits per heavy atom. The zero-order valence-corrected chi connectivity index (χ0v) is 10.9. The van der Waals surface area contributed by atoms with Crippen LogP contribution in [0, 0.1) is 6.92 Å². The van der Waals surface area contributed by atoms with Gasteiger partial charge in [0.1, 0.15) is 5.82 Å². The smallest absolute Gasteiger partial charge is 0.127 e. The normalized spacial score (nSPS) is 10.8. The SMILES string of the molecule is Cc1cccc(CN(C)Cc2cccnc2N)c1. The highest BCUT2D eigenvalue weighted by Crippen LogP contribution is 2.12. The van der Waals surface area contributed by atoms with Gasteiger partial charge in [-0.3, -0.25) is 4.90 Å².